The van der Waals surface area contributed by atoms with E-state index in [1.165, 1.54) is 40.7 Å². The summed E-state index contributed by atoms with van der Waals surface area (Å²) in [7, 11) is 0. The fraction of sp³-hybridized carbons (Fsp3) is 0.172. The first kappa shape index (κ1) is 23.7. The molecule has 3 heterocycles. The number of carbonyl (C=O) groups is 1. The fourth-order valence-electron chi connectivity index (χ4n) is 5.08. The van der Waals surface area contributed by atoms with E-state index in [1.807, 2.05) is 24.3 Å². The number of nitrogens with two attached hydrogens (primary N) is 1. The van der Waals surface area contributed by atoms with Crippen LogP contribution in [0.5, 0.6) is 0 Å². The largest absolute Gasteiger partial charge is 0.366 e. The standard InChI is InChI=1S/C29H25FN6O2/c30-24-15-19(23-9-2-1-6-21(23)16-34-12-3-4-13-34)10-11-25(24)36-18-33-28-26(29(36)38)35(17-32-28)22-8-5-7-20(14-22)27(31)37/h1-2,5-11,14-15,17-18H,3-4,12-13,16H2,(H2,31,37). The number of likely N-dealkylation sites (tertiary alicyclic amines) is 1. The topological polar surface area (TPSA) is 99.0 Å². The van der Waals surface area contributed by atoms with Crippen molar-refractivity contribution in [3.8, 4) is 22.5 Å². The number of hydrogen-bond donors (Lipinski definition) is 1. The van der Waals surface area contributed by atoms with Crippen LogP contribution in [0, 0.1) is 5.82 Å². The number of imidazole rings is 1. The first-order valence-corrected chi connectivity index (χ1v) is 12.4. The summed E-state index contributed by atoms with van der Waals surface area (Å²) in [4.78, 5) is 36.1. The Labute approximate surface area is 217 Å². The molecule has 1 saturated heterocycles. The Morgan fingerprint density at radius 1 is 0.921 bits per heavy atom. The molecule has 0 saturated carbocycles. The number of rotatable bonds is 6. The zero-order valence-electron chi connectivity index (χ0n) is 20.5. The molecule has 1 aliphatic heterocycles. The minimum absolute atomic E-state index is 0.0869. The van der Waals surface area contributed by atoms with Gasteiger partial charge in [-0.25, -0.2) is 14.4 Å². The third-order valence-electron chi connectivity index (χ3n) is 7.00. The summed E-state index contributed by atoms with van der Waals surface area (Å²) < 4.78 is 18.3. The van der Waals surface area contributed by atoms with Gasteiger partial charge < -0.3 is 5.73 Å². The van der Waals surface area contributed by atoms with Gasteiger partial charge in [0.25, 0.3) is 5.56 Å². The highest BCUT2D eigenvalue weighted by molar-refractivity contribution is 5.93. The van der Waals surface area contributed by atoms with E-state index >= 15 is 4.39 Å². The Bertz CT molecular complexity index is 1740. The van der Waals surface area contributed by atoms with Crippen molar-refractivity contribution in [2.75, 3.05) is 13.1 Å². The molecular formula is C29H25FN6O2. The third kappa shape index (κ3) is 4.26. The normalized spacial score (nSPS) is 13.8. The summed E-state index contributed by atoms with van der Waals surface area (Å²) in [6, 6.07) is 19.4. The first-order valence-electron chi connectivity index (χ1n) is 12.4. The maximum Gasteiger partial charge on any atom is 0.284 e. The Morgan fingerprint density at radius 2 is 1.68 bits per heavy atom. The van der Waals surface area contributed by atoms with Gasteiger partial charge in [0.15, 0.2) is 11.2 Å². The predicted octanol–water partition coefficient (Wildman–Crippen LogP) is 4.07. The van der Waals surface area contributed by atoms with Crippen LogP contribution in [0.3, 0.4) is 0 Å². The second-order valence-corrected chi connectivity index (χ2v) is 9.43. The first-order chi connectivity index (χ1) is 18.5. The van der Waals surface area contributed by atoms with E-state index in [1.54, 1.807) is 30.3 Å². The smallest absolute Gasteiger partial charge is 0.284 e. The van der Waals surface area contributed by atoms with Crippen molar-refractivity contribution >= 4 is 17.1 Å². The lowest BCUT2D eigenvalue weighted by Crippen LogP contribution is -2.21. The summed E-state index contributed by atoms with van der Waals surface area (Å²) in [5.74, 6) is -1.13. The number of halogens is 1. The summed E-state index contributed by atoms with van der Waals surface area (Å²) in [5.41, 5.74) is 9.06. The van der Waals surface area contributed by atoms with Crippen LogP contribution >= 0.6 is 0 Å². The summed E-state index contributed by atoms with van der Waals surface area (Å²) >= 11 is 0. The van der Waals surface area contributed by atoms with Gasteiger partial charge in [0.05, 0.1) is 5.69 Å². The van der Waals surface area contributed by atoms with Crippen LogP contribution in [0.25, 0.3) is 33.7 Å². The average Bonchev–Trinajstić information content (AvgIpc) is 3.60. The lowest BCUT2D eigenvalue weighted by molar-refractivity contribution is 0.1000. The van der Waals surface area contributed by atoms with E-state index in [2.05, 4.69) is 20.9 Å². The van der Waals surface area contributed by atoms with Gasteiger partial charge in [0.1, 0.15) is 18.5 Å². The summed E-state index contributed by atoms with van der Waals surface area (Å²) in [6.07, 6.45) is 5.13. The van der Waals surface area contributed by atoms with Crippen LogP contribution in [0.2, 0.25) is 0 Å². The van der Waals surface area contributed by atoms with Gasteiger partial charge in [-0.1, -0.05) is 36.4 Å². The van der Waals surface area contributed by atoms with E-state index < -0.39 is 17.3 Å². The fourth-order valence-corrected chi connectivity index (χ4v) is 5.08. The zero-order valence-corrected chi connectivity index (χ0v) is 20.5. The van der Waals surface area contributed by atoms with Crippen molar-refractivity contribution in [3.05, 3.63) is 107 Å². The minimum atomic E-state index is -0.587. The number of primary amides is 1. The van der Waals surface area contributed by atoms with Crippen molar-refractivity contribution in [2.24, 2.45) is 5.73 Å². The molecule has 1 aliphatic rings. The monoisotopic (exact) mass is 508 g/mol. The molecule has 0 radical (unpaired) electrons. The second-order valence-electron chi connectivity index (χ2n) is 9.43. The quantitative estimate of drug-likeness (QED) is 0.373. The molecule has 0 spiro atoms. The molecule has 5 aromatic rings. The summed E-state index contributed by atoms with van der Waals surface area (Å²) in [5, 5.41) is 0. The molecule has 190 valence electrons. The maximum atomic E-state index is 15.6. The van der Waals surface area contributed by atoms with Gasteiger partial charge in [-0.2, -0.15) is 0 Å². The third-order valence-corrected chi connectivity index (χ3v) is 7.00. The SMILES string of the molecule is NC(=O)c1cccc(-n2cnc3ncn(-c4ccc(-c5ccccc5CN5CCCC5)cc4F)c(=O)c32)c1. The van der Waals surface area contributed by atoms with Crippen molar-refractivity contribution in [3.63, 3.8) is 0 Å². The highest BCUT2D eigenvalue weighted by atomic mass is 19.1. The van der Waals surface area contributed by atoms with Gasteiger partial charge >= 0.3 is 0 Å². The molecule has 9 heteroatoms. The number of hydrogen-bond acceptors (Lipinski definition) is 5. The minimum Gasteiger partial charge on any atom is -0.366 e. The number of aromatic nitrogens is 4. The number of amides is 1. The van der Waals surface area contributed by atoms with Crippen molar-refractivity contribution in [2.45, 2.75) is 19.4 Å². The van der Waals surface area contributed by atoms with E-state index in [0.717, 1.165) is 36.3 Å². The number of carbonyl (C=O) groups excluding carboxylic acids is 1. The lowest BCUT2D eigenvalue weighted by Gasteiger charge is -2.18. The van der Waals surface area contributed by atoms with E-state index in [9.17, 15) is 9.59 Å². The Balaban J connectivity index is 1.40. The molecule has 1 fully saturated rings. The molecule has 2 aromatic heterocycles. The van der Waals surface area contributed by atoms with Gasteiger partial charge in [0.2, 0.25) is 5.91 Å². The zero-order chi connectivity index (χ0) is 26.2. The van der Waals surface area contributed by atoms with Gasteiger partial charge in [-0.15, -0.1) is 0 Å². The molecule has 0 bridgehead atoms. The molecule has 8 nitrogen and oxygen atoms in total. The van der Waals surface area contributed by atoms with Gasteiger partial charge in [-0.3, -0.25) is 23.6 Å². The van der Waals surface area contributed by atoms with Crippen molar-refractivity contribution in [1.82, 2.24) is 24.0 Å². The van der Waals surface area contributed by atoms with Crippen molar-refractivity contribution < 1.29 is 9.18 Å². The van der Waals surface area contributed by atoms with Crippen LogP contribution in [0.4, 0.5) is 4.39 Å². The molecule has 0 atom stereocenters. The molecule has 2 N–H and O–H groups in total. The van der Waals surface area contributed by atoms with Crippen LogP contribution in [0.1, 0.15) is 28.8 Å². The molecular weight excluding hydrogens is 483 g/mol. The number of benzene rings is 3. The molecule has 1 amide bonds. The van der Waals surface area contributed by atoms with Gasteiger partial charge in [0, 0.05) is 17.8 Å². The van der Waals surface area contributed by atoms with Crippen molar-refractivity contribution in [1.29, 1.82) is 0 Å². The van der Waals surface area contributed by atoms with E-state index in [0.29, 0.717) is 11.3 Å². The van der Waals surface area contributed by atoms with Crippen LogP contribution in [-0.4, -0.2) is 43.0 Å². The average molecular weight is 509 g/mol. The molecule has 3 aromatic carbocycles. The molecule has 0 unspecified atom stereocenters. The van der Waals surface area contributed by atoms with Crippen LogP contribution in [0.15, 0.2) is 84.2 Å². The number of nitrogens with zero attached hydrogens (tertiary/aromatic N) is 5. The predicted molar refractivity (Wildman–Crippen MR) is 143 cm³/mol. The van der Waals surface area contributed by atoms with Crippen LogP contribution in [-0.2, 0) is 6.54 Å². The van der Waals surface area contributed by atoms with Gasteiger partial charge in [-0.05, 0) is 73.0 Å². The van der Waals surface area contributed by atoms with E-state index in [-0.39, 0.29) is 16.9 Å². The Morgan fingerprint density at radius 3 is 2.45 bits per heavy atom. The Hall–Kier alpha value is -4.63. The van der Waals surface area contributed by atoms with E-state index in [4.69, 9.17) is 5.73 Å². The van der Waals surface area contributed by atoms with Crippen LogP contribution < -0.4 is 11.3 Å². The molecule has 6 rings (SSSR count). The number of fused-ring (bicyclic) bond motifs is 1. The Kier molecular flexibility index (Phi) is 6.05. The summed E-state index contributed by atoms with van der Waals surface area (Å²) in [6.45, 7) is 2.97. The molecule has 0 aliphatic carbocycles. The highest BCUT2D eigenvalue weighted by Gasteiger charge is 2.18. The maximum absolute atomic E-state index is 15.6. The highest BCUT2D eigenvalue weighted by Crippen LogP contribution is 2.28. The second kappa shape index (κ2) is 9.68. The molecule has 38 heavy (non-hydrogen) atoms. The lowest BCUT2D eigenvalue weighted by atomic mass is 9.99.